The lowest BCUT2D eigenvalue weighted by Gasteiger charge is -2.39. The van der Waals surface area contributed by atoms with E-state index in [2.05, 4.69) is 43.4 Å². The molecule has 0 amide bonds. The van der Waals surface area contributed by atoms with Crippen LogP contribution < -0.4 is 10.1 Å². The van der Waals surface area contributed by atoms with Crippen LogP contribution in [-0.2, 0) is 11.2 Å². The van der Waals surface area contributed by atoms with Crippen molar-refractivity contribution in [3.8, 4) is 5.75 Å². The summed E-state index contributed by atoms with van der Waals surface area (Å²) in [6, 6.07) is 9.26. The first kappa shape index (κ1) is 16.3. The van der Waals surface area contributed by atoms with Crippen molar-refractivity contribution in [3.05, 3.63) is 29.8 Å². The van der Waals surface area contributed by atoms with Crippen LogP contribution in [0.25, 0.3) is 0 Å². The second kappa shape index (κ2) is 7.78. The first-order chi connectivity index (χ1) is 10.1. The van der Waals surface area contributed by atoms with E-state index in [-0.39, 0.29) is 0 Å². The summed E-state index contributed by atoms with van der Waals surface area (Å²) in [5, 5.41) is 3.60. The number of methoxy groups -OCH3 is 1. The van der Waals surface area contributed by atoms with E-state index in [1.807, 2.05) is 12.1 Å². The zero-order valence-electron chi connectivity index (χ0n) is 13.6. The van der Waals surface area contributed by atoms with E-state index in [1.165, 1.54) is 5.56 Å². The van der Waals surface area contributed by atoms with Crippen LogP contribution in [0, 0.1) is 5.92 Å². The number of hydrogen-bond donors (Lipinski definition) is 1. The molecule has 1 heterocycles. The molecule has 1 aromatic rings. The predicted molar refractivity (Wildman–Crippen MR) is 85.9 cm³/mol. The van der Waals surface area contributed by atoms with Crippen LogP contribution in [0.4, 0.5) is 0 Å². The van der Waals surface area contributed by atoms with E-state index < -0.39 is 0 Å². The summed E-state index contributed by atoms with van der Waals surface area (Å²) >= 11 is 0. The number of nitrogens with zero attached hydrogens (tertiary/aromatic N) is 1. The lowest BCUT2D eigenvalue weighted by molar-refractivity contribution is 0.0325. The van der Waals surface area contributed by atoms with Crippen molar-refractivity contribution in [3.63, 3.8) is 0 Å². The van der Waals surface area contributed by atoms with Gasteiger partial charge in [-0.15, -0.1) is 0 Å². The first-order valence-electron chi connectivity index (χ1n) is 7.72. The summed E-state index contributed by atoms with van der Waals surface area (Å²) < 4.78 is 10.9. The molecule has 3 atom stereocenters. The smallest absolute Gasteiger partial charge is 0.118 e. The van der Waals surface area contributed by atoms with Crippen molar-refractivity contribution >= 4 is 0 Å². The van der Waals surface area contributed by atoms with Gasteiger partial charge in [0.25, 0.3) is 0 Å². The third-order valence-corrected chi connectivity index (χ3v) is 4.26. The SMILES string of the molecule is COc1ccc(CC(C)C(C2COCCN2)N(C)C)cc1. The van der Waals surface area contributed by atoms with Crippen molar-refractivity contribution < 1.29 is 9.47 Å². The Morgan fingerprint density at radius 1 is 1.33 bits per heavy atom. The van der Waals surface area contributed by atoms with Crippen LogP contribution in [0.1, 0.15) is 12.5 Å². The van der Waals surface area contributed by atoms with Gasteiger partial charge in [-0.3, -0.25) is 0 Å². The van der Waals surface area contributed by atoms with Gasteiger partial charge in [0.1, 0.15) is 5.75 Å². The molecule has 0 radical (unpaired) electrons. The van der Waals surface area contributed by atoms with Crippen LogP contribution >= 0.6 is 0 Å². The lowest BCUT2D eigenvalue weighted by atomic mass is 9.88. The van der Waals surface area contributed by atoms with Crippen molar-refractivity contribution in [2.75, 3.05) is 41.0 Å². The second-order valence-corrected chi connectivity index (χ2v) is 6.12. The minimum Gasteiger partial charge on any atom is -0.497 e. The summed E-state index contributed by atoms with van der Waals surface area (Å²) in [7, 11) is 6.02. The Morgan fingerprint density at radius 3 is 2.57 bits per heavy atom. The van der Waals surface area contributed by atoms with Gasteiger partial charge in [0.05, 0.1) is 20.3 Å². The molecule has 1 saturated heterocycles. The van der Waals surface area contributed by atoms with Gasteiger partial charge in [-0.1, -0.05) is 19.1 Å². The van der Waals surface area contributed by atoms with E-state index in [4.69, 9.17) is 9.47 Å². The van der Waals surface area contributed by atoms with E-state index in [0.717, 1.165) is 31.9 Å². The highest BCUT2D eigenvalue weighted by Crippen LogP contribution is 2.21. The van der Waals surface area contributed by atoms with Gasteiger partial charge in [0, 0.05) is 18.6 Å². The molecule has 21 heavy (non-hydrogen) atoms. The lowest BCUT2D eigenvalue weighted by Crippen LogP contribution is -2.56. The largest absolute Gasteiger partial charge is 0.497 e. The van der Waals surface area contributed by atoms with E-state index in [0.29, 0.717) is 18.0 Å². The molecule has 1 aliphatic heterocycles. The fourth-order valence-electron chi connectivity index (χ4n) is 3.32. The zero-order chi connectivity index (χ0) is 15.2. The Labute approximate surface area is 128 Å². The molecule has 1 fully saturated rings. The van der Waals surface area contributed by atoms with Gasteiger partial charge < -0.3 is 19.7 Å². The Morgan fingerprint density at radius 2 is 2.05 bits per heavy atom. The molecule has 1 N–H and O–H groups in total. The van der Waals surface area contributed by atoms with Crippen molar-refractivity contribution in [1.82, 2.24) is 10.2 Å². The molecule has 0 bridgehead atoms. The second-order valence-electron chi connectivity index (χ2n) is 6.12. The van der Waals surface area contributed by atoms with Crippen LogP contribution in [0.15, 0.2) is 24.3 Å². The predicted octanol–water partition coefficient (Wildman–Crippen LogP) is 1.79. The molecular weight excluding hydrogens is 264 g/mol. The van der Waals surface area contributed by atoms with Crippen LogP contribution in [0.2, 0.25) is 0 Å². The maximum absolute atomic E-state index is 5.64. The standard InChI is InChI=1S/C17H28N2O2/c1-13(11-14-5-7-15(20-4)8-6-14)17(19(2)3)16-12-21-10-9-18-16/h5-8,13,16-18H,9-12H2,1-4H3. The number of hydrogen-bond acceptors (Lipinski definition) is 4. The molecule has 1 aromatic carbocycles. The summed E-state index contributed by atoms with van der Waals surface area (Å²) in [4.78, 5) is 2.32. The van der Waals surface area contributed by atoms with Gasteiger partial charge in [0.2, 0.25) is 0 Å². The van der Waals surface area contributed by atoms with Crippen molar-refractivity contribution in [2.45, 2.75) is 25.4 Å². The zero-order valence-corrected chi connectivity index (χ0v) is 13.6. The van der Waals surface area contributed by atoms with Crippen LogP contribution in [0.3, 0.4) is 0 Å². The molecule has 2 rings (SSSR count). The molecule has 0 aliphatic carbocycles. The summed E-state index contributed by atoms with van der Waals surface area (Å²) in [5.74, 6) is 1.46. The van der Waals surface area contributed by atoms with Gasteiger partial charge in [-0.2, -0.15) is 0 Å². The minimum atomic E-state index is 0.405. The maximum atomic E-state index is 5.64. The topological polar surface area (TPSA) is 33.7 Å². The number of rotatable bonds is 6. The number of morpholine rings is 1. The average molecular weight is 292 g/mol. The fraction of sp³-hybridized carbons (Fsp3) is 0.647. The quantitative estimate of drug-likeness (QED) is 0.867. The van der Waals surface area contributed by atoms with Crippen molar-refractivity contribution in [1.29, 1.82) is 0 Å². The minimum absolute atomic E-state index is 0.405. The number of benzene rings is 1. The molecule has 0 saturated carbocycles. The summed E-state index contributed by atoms with van der Waals surface area (Å²) in [5.41, 5.74) is 1.35. The molecule has 118 valence electrons. The van der Waals surface area contributed by atoms with Gasteiger partial charge in [0.15, 0.2) is 0 Å². The summed E-state index contributed by atoms with van der Waals surface area (Å²) in [6.07, 6.45) is 1.06. The molecule has 4 nitrogen and oxygen atoms in total. The molecular formula is C17H28N2O2. The number of nitrogens with one attached hydrogen (secondary N) is 1. The van der Waals surface area contributed by atoms with Crippen LogP contribution in [-0.4, -0.2) is 57.9 Å². The van der Waals surface area contributed by atoms with E-state index in [9.17, 15) is 0 Å². The normalized spacial score (nSPS) is 22.0. The molecule has 4 heteroatoms. The maximum Gasteiger partial charge on any atom is 0.118 e. The average Bonchev–Trinajstić information content (AvgIpc) is 2.49. The fourth-order valence-corrected chi connectivity index (χ4v) is 3.32. The molecule has 0 spiro atoms. The highest BCUT2D eigenvalue weighted by Gasteiger charge is 2.30. The Balaban J connectivity index is 2.01. The monoisotopic (exact) mass is 292 g/mol. The first-order valence-corrected chi connectivity index (χ1v) is 7.72. The van der Waals surface area contributed by atoms with Crippen LogP contribution in [0.5, 0.6) is 5.75 Å². The van der Waals surface area contributed by atoms with Gasteiger partial charge in [-0.05, 0) is 44.1 Å². The molecule has 3 unspecified atom stereocenters. The highest BCUT2D eigenvalue weighted by atomic mass is 16.5. The highest BCUT2D eigenvalue weighted by molar-refractivity contribution is 5.27. The number of ether oxygens (including phenoxy) is 2. The molecule has 1 aliphatic rings. The Bertz CT molecular complexity index is 413. The van der Waals surface area contributed by atoms with E-state index in [1.54, 1.807) is 7.11 Å². The van der Waals surface area contributed by atoms with E-state index >= 15 is 0 Å². The third-order valence-electron chi connectivity index (χ3n) is 4.26. The number of likely N-dealkylation sites (N-methyl/N-ethyl adjacent to an activating group) is 1. The Hall–Kier alpha value is -1.10. The Kier molecular flexibility index (Phi) is 6.03. The van der Waals surface area contributed by atoms with Gasteiger partial charge >= 0.3 is 0 Å². The van der Waals surface area contributed by atoms with Gasteiger partial charge in [-0.25, -0.2) is 0 Å². The molecule has 0 aromatic heterocycles. The summed E-state index contributed by atoms with van der Waals surface area (Å²) in [6.45, 7) is 4.90. The third kappa shape index (κ3) is 4.43. The van der Waals surface area contributed by atoms with Crippen molar-refractivity contribution in [2.24, 2.45) is 5.92 Å².